The van der Waals surface area contributed by atoms with Crippen LogP contribution in [0, 0.1) is 10.1 Å². The maximum absolute atomic E-state index is 12.3. The summed E-state index contributed by atoms with van der Waals surface area (Å²) in [6, 6.07) is 21.4. The third-order valence-electron chi connectivity index (χ3n) is 4.59. The average Bonchev–Trinajstić information content (AvgIpc) is 2.83. The molecule has 0 saturated heterocycles. The largest absolute Gasteiger partial charge is 0.494 e. The molecule has 3 aromatic carbocycles. The number of carbonyl (C=O) groups is 1. The van der Waals surface area contributed by atoms with Crippen molar-refractivity contribution in [1.82, 2.24) is 10.9 Å². The topological polar surface area (TPSA) is 115 Å². The van der Waals surface area contributed by atoms with E-state index in [1.807, 2.05) is 42.5 Å². The second kappa shape index (κ2) is 10.9. The Balaban J connectivity index is 1.51. The number of rotatable bonds is 7. The molecule has 10 heteroatoms. The molecule has 0 saturated carbocycles. The molecule has 33 heavy (non-hydrogen) atoms. The van der Waals surface area contributed by atoms with Gasteiger partial charge in [0.2, 0.25) is 0 Å². The number of nitrogens with zero attached hydrogens (tertiary/aromatic N) is 1. The Kier molecular flexibility index (Phi) is 7.77. The summed E-state index contributed by atoms with van der Waals surface area (Å²) in [6.07, 6.45) is -0.795. The summed E-state index contributed by atoms with van der Waals surface area (Å²) >= 11 is 5.16. The summed E-state index contributed by atoms with van der Waals surface area (Å²) in [5.74, 6) is 0.339. The van der Waals surface area contributed by atoms with Gasteiger partial charge in [-0.1, -0.05) is 42.5 Å². The van der Waals surface area contributed by atoms with E-state index < -0.39 is 16.9 Å². The Morgan fingerprint density at radius 2 is 1.67 bits per heavy atom. The van der Waals surface area contributed by atoms with E-state index in [1.54, 1.807) is 19.1 Å². The maximum atomic E-state index is 12.3. The van der Waals surface area contributed by atoms with Crippen LogP contribution in [-0.4, -0.2) is 29.2 Å². The molecule has 9 nitrogen and oxygen atoms in total. The highest BCUT2D eigenvalue weighted by molar-refractivity contribution is 7.80. The molecule has 0 aliphatic carbocycles. The van der Waals surface area contributed by atoms with E-state index >= 15 is 0 Å². The van der Waals surface area contributed by atoms with Crippen molar-refractivity contribution in [2.75, 3.05) is 12.4 Å². The van der Waals surface area contributed by atoms with Crippen molar-refractivity contribution >= 4 is 34.6 Å². The molecule has 0 aliphatic heterocycles. The monoisotopic (exact) mass is 466 g/mol. The maximum Gasteiger partial charge on any atom is 0.279 e. The smallest absolute Gasteiger partial charge is 0.279 e. The fourth-order valence-corrected chi connectivity index (χ4v) is 3.05. The van der Waals surface area contributed by atoms with Gasteiger partial charge in [0.05, 0.1) is 23.8 Å². The zero-order valence-corrected chi connectivity index (χ0v) is 18.7. The van der Waals surface area contributed by atoms with Crippen molar-refractivity contribution in [2.24, 2.45) is 0 Å². The van der Waals surface area contributed by atoms with Gasteiger partial charge in [0.1, 0.15) is 11.5 Å². The second-order valence-corrected chi connectivity index (χ2v) is 7.27. The van der Waals surface area contributed by atoms with E-state index in [0.717, 1.165) is 11.1 Å². The molecule has 3 N–H and O–H groups in total. The second-order valence-electron chi connectivity index (χ2n) is 6.86. The van der Waals surface area contributed by atoms with E-state index in [-0.39, 0.29) is 16.5 Å². The Bertz CT molecular complexity index is 1140. The molecule has 1 amide bonds. The number of carbonyl (C=O) groups excluding carboxylic acids is 1. The van der Waals surface area contributed by atoms with E-state index in [9.17, 15) is 14.9 Å². The molecule has 170 valence electrons. The highest BCUT2D eigenvalue weighted by Crippen LogP contribution is 2.29. The van der Waals surface area contributed by atoms with Gasteiger partial charge in [0.25, 0.3) is 11.6 Å². The van der Waals surface area contributed by atoms with E-state index in [0.29, 0.717) is 11.4 Å². The third kappa shape index (κ3) is 6.40. The normalized spacial score (nSPS) is 11.1. The predicted octanol–water partition coefficient (Wildman–Crippen LogP) is 4.06. The van der Waals surface area contributed by atoms with Crippen LogP contribution in [0.1, 0.15) is 6.92 Å². The van der Waals surface area contributed by atoms with Crippen molar-refractivity contribution in [1.29, 1.82) is 0 Å². The van der Waals surface area contributed by atoms with Gasteiger partial charge in [-0.2, -0.15) is 0 Å². The van der Waals surface area contributed by atoms with Crippen LogP contribution in [-0.2, 0) is 4.79 Å². The quantitative estimate of drug-likeness (QED) is 0.271. The summed E-state index contributed by atoms with van der Waals surface area (Å²) in [4.78, 5) is 22.7. The molecule has 0 heterocycles. The number of nitro benzene ring substituents is 1. The minimum atomic E-state index is -0.795. The fourth-order valence-electron chi connectivity index (χ4n) is 2.88. The molecule has 0 unspecified atom stereocenters. The van der Waals surface area contributed by atoms with Gasteiger partial charge >= 0.3 is 0 Å². The number of methoxy groups -OCH3 is 1. The van der Waals surface area contributed by atoms with Crippen LogP contribution in [0.3, 0.4) is 0 Å². The van der Waals surface area contributed by atoms with E-state index in [1.165, 1.54) is 25.3 Å². The number of hydrogen-bond donors (Lipinski definition) is 3. The summed E-state index contributed by atoms with van der Waals surface area (Å²) in [5.41, 5.74) is 7.44. The Labute approximate surface area is 195 Å². The number of hydrazine groups is 1. The zero-order chi connectivity index (χ0) is 23.8. The van der Waals surface area contributed by atoms with Crippen molar-refractivity contribution in [2.45, 2.75) is 13.0 Å². The number of non-ortho nitro benzene ring substituents is 1. The molecule has 0 radical (unpaired) electrons. The molecular formula is C23H22N4O5S. The number of benzene rings is 3. The minimum Gasteiger partial charge on any atom is -0.494 e. The summed E-state index contributed by atoms with van der Waals surface area (Å²) in [5, 5.41) is 13.8. The molecular weight excluding hydrogens is 444 g/mol. The molecule has 0 fully saturated rings. The minimum absolute atomic E-state index is 0.0647. The van der Waals surface area contributed by atoms with Crippen LogP contribution >= 0.6 is 12.2 Å². The number of amides is 1. The predicted molar refractivity (Wildman–Crippen MR) is 129 cm³/mol. The zero-order valence-electron chi connectivity index (χ0n) is 17.9. The lowest BCUT2D eigenvalue weighted by atomic mass is 10.1. The van der Waals surface area contributed by atoms with Crippen LogP contribution < -0.4 is 25.6 Å². The highest BCUT2D eigenvalue weighted by Gasteiger charge is 2.16. The van der Waals surface area contributed by atoms with Crippen LogP contribution in [0.25, 0.3) is 11.1 Å². The van der Waals surface area contributed by atoms with Crippen molar-refractivity contribution < 1.29 is 19.2 Å². The number of nitrogens with one attached hydrogen (secondary N) is 3. The number of hydrogen-bond acceptors (Lipinski definition) is 6. The first-order chi connectivity index (χ1) is 15.9. The highest BCUT2D eigenvalue weighted by atomic mass is 32.1. The number of thiocarbonyl (C=S) groups is 1. The summed E-state index contributed by atoms with van der Waals surface area (Å²) in [7, 11) is 1.38. The summed E-state index contributed by atoms with van der Waals surface area (Å²) in [6.45, 7) is 1.61. The molecule has 3 aromatic rings. The molecule has 3 rings (SSSR count). The molecule has 0 aromatic heterocycles. The van der Waals surface area contributed by atoms with Crippen LogP contribution in [0.4, 0.5) is 11.4 Å². The number of anilines is 1. The number of ether oxygens (including phenoxy) is 2. The molecule has 0 spiro atoms. The Morgan fingerprint density at radius 3 is 2.30 bits per heavy atom. The van der Waals surface area contributed by atoms with Gasteiger partial charge in [-0.15, -0.1) is 0 Å². The van der Waals surface area contributed by atoms with Gasteiger partial charge < -0.3 is 14.8 Å². The van der Waals surface area contributed by atoms with E-state index in [4.69, 9.17) is 21.7 Å². The Morgan fingerprint density at radius 1 is 1.00 bits per heavy atom. The van der Waals surface area contributed by atoms with Crippen LogP contribution in [0.15, 0.2) is 72.8 Å². The van der Waals surface area contributed by atoms with Crippen molar-refractivity contribution in [3.05, 3.63) is 82.9 Å². The van der Waals surface area contributed by atoms with Gasteiger partial charge in [0.15, 0.2) is 11.2 Å². The molecule has 1 atom stereocenters. The average molecular weight is 467 g/mol. The van der Waals surface area contributed by atoms with Gasteiger partial charge in [-0.25, -0.2) is 0 Å². The van der Waals surface area contributed by atoms with Crippen molar-refractivity contribution in [3.63, 3.8) is 0 Å². The first-order valence-corrected chi connectivity index (χ1v) is 10.3. The Hall–Kier alpha value is -4.18. The van der Waals surface area contributed by atoms with Gasteiger partial charge in [0, 0.05) is 6.07 Å². The van der Waals surface area contributed by atoms with Crippen LogP contribution in [0.2, 0.25) is 0 Å². The lowest BCUT2D eigenvalue weighted by Crippen LogP contribution is -2.48. The van der Waals surface area contributed by atoms with Crippen molar-refractivity contribution in [3.8, 4) is 22.6 Å². The molecule has 0 aliphatic rings. The SMILES string of the molecule is COc1cc([N+](=O)[O-])ccc1NC(=S)NNC(=O)[C@H](C)Oc1ccc(-c2ccccc2)cc1. The van der Waals surface area contributed by atoms with E-state index in [2.05, 4.69) is 16.2 Å². The first-order valence-electron chi connectivity index (χ1n) is 9.89. The molecule has 0 bridgehead atoms. The van der Waals surface area contributed by atoms with Crippen LogP contribution in [0.5, 0.6) is 11.5 Å². The van der Waals surface area contributed by atoms with Gasteiger partial charge in [-0.05, 0) is 48.5 Å². The van der Waals surface area contributed by atoms with Gasteiger partial charge in [-0.3, -0.25) is 25.8 Å². The lowest BCUT2D eigenvalue weighted by Gasteiger charge is -2.17. The fraction of sp³-hybridized carbons (Fsp3) is 0.130. The third-order valence-corrected chi connectivity index (χ3v) is 4.79. The number of nitro groups is 1. The summed E-state index contributed by atoms with van der Waals surface area (Å²) < 4.78 is 10.8. The standard InChI is InChI=1S/C23H22N4O5S/c1-15(32-19-11-8-17(9-12-19)16-6-4-3-5-7-16)22(28)25-26-23(33)24-20-13-10-18(27(29)30)14-21(20)31-2/h3-15H,1-2H3,(H,25,28)(H2,24,26,33)/t15-/m0/s1. The lowest BCUT2D eigenvalue weighted by molar-refractivity contribution is -0.384. The first kappa shape index (κ1) is 23.5.